The number of benzene rings is 2. The van der Waals surface area contributed by atoms with Crippen LogP contribution in [-0.2, 0) is 0 Å². The number of aromatic amines is 1. The highest BCUT2D eigenvalue weighted by molar-refractivity contribution is 5.86. The van der Waals surface area contributed by atoms with Crippen molar-refractivity contribution in [1.82, 2.24) is 9.97 Å². The third-order valence-electron chi connectivity index (χ3n) is 3.59. The second kappa shape index (κ2) is 5.05. The van der Waals surface area contributed by atoms with E-state index in [-0.39, 0.29) is 11.5 Å². The highest BCUT2D eigenvalue weighted by atomic mass is 16.1. The molecule has 3 aromatic rings. The zero-order valence-corrected chi connectivity index (χ0v) is 12.1. The topological polar surface area (TPSA) is 71.8 Å². The van der Waals surface area contributed by atoms with Crippen molar-refractivity contribution in [1.29, 1.82) is 0 Å². The Labute approximate surface area is 122 Å². The molecule has 1 heterocycles. The van der Waals surface area contributed by atoms with Gasteiger partial charge in [0.05, 0.1) is 5.56 Å². The molecule has 0 unspecified atom stereocenters. The van der Waals surface area contributed by atoms with E-state index < -0.39 is 0 Å². The summed E-state index contributed by atoms with van der Waals surface area (Å²) in [5.41, 5.74) is 7.17. The van der Waals surface area contributed by atoms with Crippen molar-refractivity contribution in [3.63, 3.8) is 0 Å². The first kappa shape index (κ1) is 13.4. The quantitative estimate of drug-likeness (QED) is 0.756. The molecule has 0 amide bonds. The average molecular weight is 279 g/mol. The zero-order chi connectivity index (χ0) is 15.0. The Hall–Kier alpha value is -2.62. The lowest BCUT2D eigenvalue weighted by molar-refractivity contribution is 0.837. The van der Waals surface area contributed by atoms with E-state index in [4.69, 9.17) is 5.73 Å². The fourth-order valence-corrected chi connectivity index (χ4v) is 2.53. The number of aromatic nitrogens is 2. The number of hydrogen-bond acceptors (Lipinski definition) is 3. The van der Waals surface area contributed by atoms with Crippen molar-refractivity contribution < 1.29 is 0 Å². The molecular weight excluding hydrogens is 262 g/mol. The molecule has 0 fully saturated rings. The van der Waals surface area contributed by atoms with Gasteiger partial charge in [-0.15, -0.1) is 0 Å². The van der Waals surface area contributed by atoms with E-state index in [1.54, 1.807) is 0 Å². The Kier molecular flexibility index (Phi) is 3.22. The molecule has 1 aromatic heterocycles. The van der Waals surface area contributed by atoms with Crippen molar-refractivity contribution >= 4 is 16.6 Å². The summed E-state index contributed by atoms with van der Waals surface area (Å²) in [7, 11) is 0. The van der Waals surface area contributed by atoms with Crippen molar-refractivity contribution in [2.75, 3.05) is 5.73 Å². The fraction of sp³-hybridized carbons (Fsp3) is 0.176. The number of nitrogen functional groups attached to an aromatic ring is 1. The van der Waals surface area contributed by atoms with Crippen LogP contribution in [0.1, 0.15) is 25.3 Å². The largest absolute Gasteiger partial charge is 0.383 e. The van der Waals surface area contributed by atoms with Gasteiger partial charge in [-0.3, -0.25) is 4.79 Å². The van der Waals surface area contributed by atoms with E-state index in [9.17, 15) is 4.79 Å². The Morgan fingerprint density at radius 1 is 1.10 bits per heavy atom. The molecule has 3 N–H and O–H groups in total. The van der Waals surface area contributed by atoms with Gasteiger partial charge in [-0.1, -0.05) is 50.2 Å². The molecule has 0 aliphatic rings. The molecule has 21 heavy (non-hydrogen) atoms. The van der Waals surface area contributed by atoms with Crippen LogP contribution in [0, 0.1) is 0 Å². The molecule has 3 rings (SSSR count). The van der Waals surface area contributed by atoms with Crippen LogP contribution >= 0.6 is 0 Å². The second-order valence-electron chi connectivity index (χ2n) is 5.43. The van der Waals surface area contributed by atoms with Gasteiger partial charge < -0.3 is 10.7 Å². The van der Waals surface area contributed by atoms with Crippen LogP contribution < -0.4 is 11.3 Å². The minimum Gasteiger partial charge on any atom is -0.383 e. The highest BCUT2D eigenvalue weighted by Gasteiger charge is 2.13. The number of nitrogens with zero attached hydrogens (tertiary/aromatic N) is 1. The molecule has 0 aliphatic carbocycles. The summed E-state index contributed by atoms with van der Waals surface area (Å²) >= 11 is 0. The number of fused-ring (bicyclic) bond motifs is 1. The molecule has 0 radical (unpaired) electrons. The summed E-state index contributed by atoms with van der Waals surface area (Å²) in [6.07, 6.45) is 0. The number of H-pyrrole nitrogens is 1. The van der Waals surface area contributed by atoms with E-state index >= 15 is 0 Å². The third kappa shape index (κ3) is 2.40. The number of nitrogens with two attached hydrogens (primary N) is 1. The summed E-state index contributed by atoms with van der Waals surface area (Å²) in [5.74, 6) is 0.858. The fourth-order valence-electron chi connectivity index (χ4n) is 2.53. The van der Waals surface area contributed by atoms with Gasteiger partial charge in [-0.25, -0.2) is 4.98 Å². The predicted molar refractivity (Wildman–Crippen MR) is 86.3 cm³/mol. The van der Waals surface area contributed by atoms with Crippen LogP contribution in [0.2, 0.25) is 0 Å². The molecule has 0 saturated carbocycles. The van der Waals surface area contributed by atoms with Crippen molar-refractivity contribution in [3.05, 3.63) is 58.4 Å². The molecule has 2 aromatic carbocycles. The van der Waals surface area contributed by atoms with E-state index in [1.165, 1.54) is 0 Å². The number of rotatable bonds is 2. The second-order valence-corrected chi connectivity index (χ2v) is 5.43. The molecule has 0 spiro atoms. The lowest BCUT2D eigenvalue weighted by Crippen LogP contribution is -2.19. The van der Waals surface area contributed by atoms with Gasteiger partial charge in [-0.05, 0) is 22.8 Å². The van der Waals surface area contributed by atoms with Crippen LogP contribution in [-0.4, -0.2) is 9.97 Å². The molecular formula is C17H17N3O. The Morgan fingerprint density at radius 3 is 2.48 bits per heavy atom. The van der Waals surface area contributed by atoms with Gasteiger partial charge in [0.1, 0.15) is 11.6 Å². The standard InChI is InChI=1S/C17H17N3O/c1-10(2)14-15(18)19-16(20-17(14)21)13-8-7-11-5-3-4-6-12(11)9-13/h3-10H,1-2H3,(H3,18,19,20,21). The third-order valence-corrected chi connectivity index (χ3v) is 3.59. The summed E-state index contributed by atoms with van der Waals surface area (Å²) in [6.45, 7) is 3.86. The average Bonchev–Trinajstić information content (AvgIpc) is 2.45. The lowest BCUT2D eigenvalue weighted by Gasteiger charge is -2.10. The lowest BCUT2D eigenvalue weighted by atomic mass is 10.0. The maximum absolute atomic E-state index is 12.2. The molecule has 0 aliphatic heterocycles. The molecule has 0 saturated heterocycles. The minimum absolute atomic E-state index is 0.0481. The minimum atomic E-state index is -0.166. The van der Waals surface area contributed by atoms with E-state index in [0.29, 0.717) is 17.2 Å². The van der Waals surface area contributed by atoms with E-state index in [1.807, 2.05) is 56.3 Å². The summed E-state index contributed by atoms with van der Waals surface area (Å²) in [5, 5.41) is 2.25. The summed E-state index contributed by atoms with van der Waals surface area (Å²) in [6, 6.07) is 14.0. The van der Waals surface area contributed by atoms with Crippen LogP contribution in [0.15, 0.2) is 47.3 Å². The van der Waals surface area contributed by atoms with Crippen molar-refractivity contribution in [3.8, 4) is 11.4 Å². The molecule has 0 atom stereocenters. The first-order valence-corrected chi connectivity index (χ1v) is 6.95. The Balaban J connectivity index is 2.17. The Morgan fingerprint density at radius 2 is 1.81 bits per heavy atom. The summed E-state index contributed by atoms with van der Waals surface area (Å²) < 4.78 is 0. The van der Waals surface area contributed by atoms with Gasteiger partial charge >= 0.3 is 0 Å². The smallest absolute Gasteiger partial charge is 0.256 e. The normalized spacial score (nSPS) is 11.2. The molecule has 4 nitrogen and oxygen atoms in total. The first-order valence-electron chi connectivity index (χ1n) is 6.95. The maximum Gasteiger partial charge on any atom is 0.256 e. The van der Waals surface area contributed by atoms with Crippen LogP contribution in [0.5, 0.6) is 0 Å². The van der Waals surface area contributed by atoms with Crippen molar-refractivity contribution in [2.45, 2.75) is 19.8 Å². The highest BCUT2D eigenvalue weighted by Crippen LogP contribution is 2.23. The van der Waals surface area contributed by atoms with Gasteiger partial charge in [0.15, 0.2) is 0 Å². The van der Waals surface area contributed by atoms with Gasteiger partial charge in [0, 0.05) is 5.56 Å². The molecule has 106 valence electrons. The maximum atomic E-state index is 12.2. The van der Waals surface area contributed by atoms with E-state index in [2.05, 4.69) is 9.97 Å². The first-order chi connectivity index (χ1) is 10.1. The Bertz CT molecular complexity index is 865. The molecule has 0 bridgehead atoms. The monoisotopic (exact) mass is 279 g/mol. The number of anilines is 1. The van der Waals surface area contributed by atoms with Crippen molar-refractivity contribution in [2.24, 2.45) is 0 Å². The van der Waals surface area contributed by atoms with Crippen LogP contribution in [0.3, 0.4) is 0 Å². The van der Waals surface area contributed by atoms with Crippen LogP contribution in [0.4, 0.5) is 5.82 Å². The van der Waals surface area contributed by atoms with Gasteiger partial charge in [0.2, 0.25) is 0 Å². The number of hydrogen-bond donors (Lipinski definition) is 2. The zero-order valence-electron chi connectivity index (χ0n) is 12.1. The van der Waals surface area contributed by atoms with Gasteiger partial charge in [-0.2, -0.15) is 0 Å². The van der Waals surface area contributed by atoms with Crippen LogP contribution in [0.25, 0.3) is 22.2 Å². The van der Waals surface area contributed by atoms with Gasteiger partial charge in [0.25, 0.3) is 5.56 Å². The summed E-state index contributed by atoms with van der Waals surface area (Å²) in [4.78, 5) is 19.4. The number of nitrogens with one attached hydrogen (secondary N) is 1. The SMILES string of the molecule is CC(C)c1c(N)nc(-c2ccc3ccccc3c2)[nH]c1=O. The van der Waals surface area contributed by atoms with E-state index in [0.717, 1.165) is 16.3 Å². The molecule has 4 heteroatoms. The predicted octanol–water partition coefficient (Wildman–Crippen LogP) is 3.30.